The average Bonchev–Trinajstić information content (AvgIpc) is 3.29. The van der Waals surface area contributed by atoms with Gasteiger partial charge in [0.1, 0.15) is 5.75 Å². The fourth-order valence-electron chi connectivity index (χ4n) is 3.85. The van der Waals surface area contributed by atoms with Crippen LogP contribution < -0.4 is 10.1 Å². The maximum absolute atomic E-state index is 14.2. The minimum absolute atomic E-state index is 0.292. The molecule has 7 nitrogen and oxygen atoms in total. The number of fused-ring (bicyclic) bond motifs is 1. The van der Waals surface area contributed by atoms with Gasteiger partial charge in [0, 0.05) is 29.2 Å². The molecule has 4 aromatic rings. The number of hydrogen-bond donors (Lipinski definition) is 3. The summed E-state index contributed by atoms with van der Waals surface area (Å²) >= 11 is 0. The molecule has 2 aromatic heterocycles. The summed E-state index contributed by atoms with van der Waals surface area (Å²) in [5.41, 5.74) is 4.01. The van der Waals surface area contributed by atoms with Crippen LogP contribution in [0.1, 0.15) is 43.0 Å². The van der Waals surface area contributed by atoms with Gasteiger partial charge in [0.15, 0.2) is 11.6 Å². The largest absolute Gasteiger partial charge is 0.494 e. The predicted molar refractivity (Wildman–Crippen MR) is 133 cm³/mol. The Kier molecular flexibility index (Phi) is 7.72. The lowest BCUT2D eigenvalue weighted by molar-refractivity contribution is -0.138. The van der Waals surface area contributed by atoms with Crippen LogP contribution in [-0.2, 0) is 17.8 Å². The maximum Gasteiger partial charge on any atom is 0.310 e. The van der Waals surface area contributed by atoms with E-state index in [1.54, 1.807) is 13.1 Å². The molecule has 2 aromatic carbocycles. The highest BCUT2D eigenvalue weighted by Crippen LogP contribution is 2.29. The molecule has 0 fully saturated rings. The highest BCUT2D eigenvalue weighted by Gasteiger charge is 2.18. The van der Waals surface area contributed by atoms with Gasteiger partial charge in [-0.1, -0.05) is 31.2 Å². The number of ether oxygens (including phenoxy) is 1. The zero-order chi connectivity index (χ0) is 24.8. The summed E-state index contributed by atoms with van der Waals surface area (Å²) in [6, 6.07) is 13.6. The van der Waals surface area contributed by atoms with Gasteiger partial charge in [0.05, 0.1) is 24.4 Å². The standard InChI is InChI=1S/C27H29FN4O3/c1-3-18-5-7-19(8-6-18)26-31-15-23(28)25(32-26)16-29-11-4-12-35-20-9-10-24-21(13-20)22(14-30-24)17(2)27(33)34/h5-10,13-15,17,29-30H,3-4,11-12,16H2,1-2H3,(H,33,34). The monoisotopic (exact) mass is 476 g/mol. The molecule has 2 heterocycles. The van der Waals surface area contributed by atoms with Crippen molar-refractivity contribution in [3.05, 3.63) is 77.5 Å². The van der Waals surface area contributed by atoms with Gasteiger partial charge in [-0.25, -0.2) is 14.4 Å². The predicted octanol–water partition coefficient (Wildman–Crippen LogP) is 5.07. The first-order valence-electron chi connectivity index (χ1n) is 11.7. The molecular weight excluding hydrogens is 447 g/mol. The summed E-state index contributed by atoms with van der Waals surface area (Å²) in [4.78, 5) is 23.0. The molecule has 0 amide bonds. The van der Waals surface area contributed by atoms with Crippen LogP contribution in [0.2, 0.25) is 0 Å². The molecule has 0 radical (unpaired) electrons. The van der Waals surface area contributed by atoms with E-state index in [0.29, 0.717) is 43.4 Å². The third-order valence-electron chi connectivity index (χ3n) is 6.02. The van der Waals surface area contributed by atoms with Crippen LogP contribution in [0.25, 0.3) is 22.3 Å². The minimum atomic E-state index is -0.870. The first-order chi connectivity index (χ1) is 17.0. The molecule has 0 saturated heterocycles. The number of aromatic amines is 1. The zero-order valence-corrected chi connectivity index (χ0v) is 19.8. The Hall–Kier alpha value is -3.78. The molecule has 0 aliphatic heterocycles. The van der Waals surface area contributed by atoms with Gasteiger partial charge in [0.25, 0.3) is 0 Å². The van der Waals surface area contributed by atoms with Crippen LogP contribution in [-0.4, -0.2) is 39.2 Å². The van der Waals surface area contributed by atoms with Gasteiger partial charge in [-0.05, 0) is 55.6 Å². The van der Waals surface area contributed by atoms with Gasteiger partial charge in [0.2, 0.25) is 0 Å². The topological polar surface area (TPSA) is 100 Å². The number of carboxylic acid groups (broad SMARTS) is 1. The van der Waals surface area contributed by atoms with E-state index in [-0.39, 0.29) is 0 Å². The van der Waals surface area contributed by atoms with Gasteiger partial charge in [-0.2, -0.15) is 0 Å². The summed E-state index contributed by atoms with van der Waals surface area (Å²) in [5.74, 6) is -0.733. The second-order valence-electron chi connectivity index (χ2n) is 8.43. The molecule has 1 atom stereocenters. The molecule has 35 heavy (non-hydrogen) atoms. The summed E-state index contributed by atoms with van der Waals surface area (Å²) < 4.78 is 20.1. The summed E-state index contributed by atoms with van der Waals surface area (Å²) in [7, 11) is 0. The Balaban J connectivity index is 1.28. The number of aryl methyl sites for hydroxylation is 1. The van der Waals surface area contributed by atoms with Crippen LogP contribution in [0.3, 0.4) is 0 Å². The van der Waals surface area contributed by atoms with Crippen molar-refractivity contribution in [2.24, 2.45) is 0 Å². The molecule has 0 aliphatic rings. The van der Waals surface area contributed by atoms with E-state index in [0.717, 1.165) is 28.5 Å². The Morgan fingerprint density at radius 2 is 2.03 bits per heavy atom. The van der Waals surface area contributed by atoms with Crippen LogP contribution in [0.4, 0.5) is 4.39 Å². The SMILES string of the molecule is CCc1ccc(-c2ncc(F)c(CNCCCOc3ccc4[nH]cc(C(C)C(=O)O)c4c3)n2)cc1. The van der Waals surface area contributed by atoms with Gasteiger partial charge in [-0.3, -0.25) is 4.79 Å². The highest BCUT2D eigenvalue weighted by atomic mass is 19.1. The van der Waals surface area contributed by atoms with E-state index in [2.05, 4.69) is 27.2 Å². The van der Waals surface area contributed by atoms with Crippen molar-refractivity contribution in [2.75, 3.05) is 13.2 Å². The molecule has 0 saturated carbocycles. The average molecular weight is 477 g/mol. The van der Waals surface area contributed by atoms with Gasteiger partial charge < -0.3 is 20.1 Å². The molecule has 0 spiro atoms. The number of rotatable bonds is 11. The van der Waals surface area contributed by atoms with E-state index < -0.39 is 17.7 Å². The van der Waals surface area contributed by atoms with E-state index >= 15 is 0 Å². The van der Waals surface area contributed by atoms with Crippen LogP contribution >= 0.6 is 0 Å². The quantitative estimate of drug-likeness (QED) is 0.261. The maximum atomic E-state index is 14.2. The Morgan fingerprint density at radius 1 is 1.23 bits per heavy atom. The lowest BCUT2D eigenvalue weighted by atomic mass is 10.0. The Morgan fingerprint density at radius 3 is 2.77 bits per heavy atom. The second-order valence-corrected chi connectivity index (χ2v) is 8.43. The zero-order valence-electron chi connectivity index (χ0n) is 19.8. The molecule has 4 rings (SSSR count). The molecule has 182 valence electrons. The number of nitrogens with one attached hydrogen (secondary N) is 2. The lowest BCUT2D eigenvalue weighted by Crippen LogP contribution is -2.19. The smallest absolute Gasteiger partial charge is 0.310 e. The van der Waals surface area contributed by atoms with Gasteiger partial charge in [-0.15, -0.1) is 0 Å². The van der Waals surface area contributed by atoms with Crippen molar-refractivity contribution in [2.45, 2.75) is 39.2 Å². The van der Waals surface area contributed by atoms with E-state index in [4.69, 9.17) is 4.74 Å². The summed E-state index contributed by atoms with van der Waals surface area (Å²) in [6.45, 7) is 5.14. The molecule has 8 heteroatoms. The van der Waals surface area contributed by atoms with E-state index in [9.17, 15) is 14.3 Å². The van der Waals surface area contributed by atoms with Crippen molar-refractivity contribution in [3.63, 3.8) is 0 Å². The molecule has 3 N–H and O–H groups in total. The number of benzene rings is 2. The molecule has 1 unspecified atom stereocenters. The van der Waals surface area contributed by atoms with Crippen molar-refractivity contribution in [1.29, 1.82) is 0 Å². The fraction of sp³-hybridized carbons (Fsp3) is 0.296. The van der Waals surface area contributed by atoms with Crippen molar-refractivity contribution in [3.8, 4) is 17.1 Å². The third-order valence-corrected chi connectivity index (χ3v) is 6.02. The summed E-state index contributed by atoms with van der Waals surface area (Å²) in [5, 5.41) is 13.4. The highest BCUT2D eigenvalue weighted by molar-refractivity contribution is 5.90. The first kappa shape index (κ1) is 24.3. The van der Waals surface area contributed by atoms with Gasteiger partial charge >= 0.3 is 5.97 Å². The number of aromatic nitrogens is 3. The number of halogens is 1. The van der Waals surface area contributed by atoms with Crippen LogP contribution in [0.5, 0.6) is 5.75 Å². The normalized spacial score (nSPS) is 12.1. The van der Waals surface area contributed by atoms with Crippen LogP contribution in [0, 0.1) is 5.82 Å². The van der Waals surface area contributed by atoms with Crippen molar-refractivity contribution in [1.82, 2.24) is 20.3 Å². The van der Waals surface area contributed by atoms with Crippen molar-refractivity contribution < 1.29 is 19.0 Å². The summed E-state index contributed by atoms with van der Waals surface area (Å²) in [6.07, 6.45) is 4.61. The van der Waals surface area contributed by atoms with Crippen molar-refractivity contribution >= 4 is 16.9 Å². The number of hydrogen-bond acceptors (Lipinski definition) is 5. The lowest BCUT2D eigenvalue weighted by Gasteiger charge is -2.10. The first-order valence-corrected chi connectivity index (χ1v) is 11.7. The van der Waals surface area contributed by atoms with E-state index in [1.165, 1.54) is 11.8 Å². The van der Waals surface area contributed by atoms with Crippen LogP contribution in [0.15, 0.2) is 54.9 Å². The third kappa shape index (κ3) is 5.84. The molecular formula is C27H29FN4O3. The Labute approximate surface area is 203 Å². The number of carbonyl (C=O) groups is 1. The van der Waals surface area contributed by atoms with E-state index in [1.807, 2.05) is 42.5 Å². The number of carboxylic acids is 1. The minimum Gasteiger partial charge on any atom is -0.494 e. The number of aliphatic carboxylic acids is 1. The number of nitrogens with zero attached hydrogens (tertiary/aromatic N) is 2. The Bertz CT molecular complexity index is 1300. The second kappa shape index (κ2) is 11.1. The molecule has 0 bridgehead atoms. The fourth-order valence-corrected chi connectivity index (χ4v) is 3.85. The molecule has 0 aliphatic carbocycles. The number of H-pyrrole nitrogens is 1.